The Morgan fingerprint density at radius 2 is 1.53 bits per heavy atom. The molecule has 1 aliphatic carbocycles. The number of nitrogens with one attached hydrogen (secondary N) is 2. The first-order valence-electron chi connectivity index (χ1n) is 20.3. The molecule has 3 unspecified atom stereocenters. The highest BCUT2D eigenvalue weighted by Crippen LogP contribution is 2.48. The molecule has 4 fully saturated rings. The van der Waals surface area contributed by atoms with Gasteiger partial charge in [-0.15, -0.1) is 0 Å². The van der Waals surface area contributed by atoms with E-state index in [2.05, 4.69) is 84.5 Å². The summed E-state index contributed by atoms with van der Waals surface area (Å²) in [5, 5.41) is 6.69. The minimum Gasteiger partial charge on any atom is -0.381 e. The van der Waals surface area contributed by atoms with Crippen molar-refractivity contribution in [1.82, 2.24) is 15.5 Å². The lowest BCUT2D eigenvalue weighted by Crippen LogP contribution is -2.61. The van der Waals surface area contributed by atoms with Crippen molar-refractivity contribution in [3.05, 3.63) is 53.1 Å². The fraction of sp³-hybridized carbons (Fsp3) is 0.674. The Balaban J connectivity index is 1.26. The first kappa shape index (κ1) is 37.8. The number of hydrogen-bond donors (Lipinski definition) is 2. The van der Waals surface area contributed by atoms with Crippen molar-refractivity contribution in [2.24, 2.45) is 17.3 Å². The third-order valence-corrected chi connectivity index (χ3v) is 13.0. The van der Waals surface area contributed by atoms with Crippen LogP contribution in [0.2, 0.25) is 0 Å². The van der Waals surface area contributed by atoms with Gasteiger partial charge in [-0.1, -0.05) is 76.1 Å². The van der Waals surface area contributed by atoms with Gasteiger partial charge in [-0.05, 0) is 92.2 Å². The largest absolute Gasteiger partial charge is 0.381 e. The summed E-state index contributed by atoms with van der Waals surface area (Å²) in [5.41, 5.74) is 6.30. The fourth-order valence-corrected chi connectivity index (χ4v) is 9.70. The van der Waals surface area contributed by atoms with E-state index in [9.17, 15) is 9.59 Å². The first-order valence-corrected chi connectivity index (χ1v) is 20.3. The molecule has 2 N–H and O–H groups in total. The summed E-state index contributed by atoms with van der Waals surface area (Å²) in [6.07, 6.45) is 13.2. The molecular formula is C43H64N4O4. The Kier molecular flexibility index (Phi) is 13.1. The molecule has 3 heterocycles. The number of carbonyl (C=O) groups is 2. The van der Waals surface area contributed by atoms with Crippen molar-refractivity contribution in [1.29, 1.82) is 0 Å². The minimum atomic E-state index is -0.246. The fourth-order valence-electron chi connectivity index (χ4n) is 9.70. The minimum absolute atomic E-state index is 0.0723. The standard InChI is InChI=1S/C43H64N4O4/c1-5-47(37-17-23-50-24-18-37)40-28-36(35-15-13-34(14-16-35)30-46-21-25-51-26-22-46)27-38(31(40)2)41(48)44-29-39-32(3)43(33(4)45-42(39)49)19-11-9-7-6-8-10-12-20-43/h13-16,27-28,32-33,37,39H,5-12,17-26,29-30H2,1-4H3,(H,44,48)(H,45,49). The number of benzene rings is 2. The average Bonchev–Trinajstić information content (AvgIpc) is 3.15. The summed E-state index contributed by atoms with van der Waals surface area (Å²) in [5.74, 6) is -0.0623. The van der Waals surface area contributed by atoms with Crippen molar-refractivity contribution in [3.63, 3.8) is 0 Å². The van der Waals surface area contributed by atoms with E-state index in [1.807, 2.05) is 0 Å². The van der Waals surface area contributed by atoms with Crippen LogP contribution in [0, 0.1) is 24.2 Å². The van der Waals surface area contributed by atoms with Crippen LogP contribution in [-0.4, -0.2) is 81.4 Å². The maximum Gasteiger partial charge on any atom is 0.251 e. The molecule has 3 saturated heterocycles. The van der Waals surface area contributed by atoms with Crippen LogP contribution < -0.4 is 15.5 Å². The van der Waals surface area contributed by atoms with E-state index in [4.69, 9.17) is 9.47 Å². The maximum absolute atomic E-state index is 14.3. The first-order chi connectivity index (χ1) is 24.8. The second-order valence-electron chi connectivity index (χ2n) is 15.9. The molecular weight excluding hydrogens is 636 g/mol. The van der Waals surface area contributed by atoms with Gasteiger partial charge in [0.05, 0.1) is 19.1 Å². The van der Waals surface area contributed by atoms with E-state index in [0.717, 1.165) is 101 Å². The molecule has 3 aliphatic heterocycles. The van der Waals surface area contributed by atoms with E-state index in [0.29, 0.717) is 18.2 Å². The number of piperidine rings is 1. The molecule has 6 rings (SSSR count). The molecule has 2 aromatic rings. The van der Waals surface area contributed by atoms with Crippen LogP contribution in [0.4, 0.5) is 5.69 Å². The van der Waals surface area contributed by atoms with Crippen molar-refractivity contribution >= 4 is 17.5 Å². The number of carbonyl (C=O) groups excluding carboxylic acids is 2. The van der Waals surface area contributed by atoms with Crippen molar-refractivity contribution in [2.45, 2.75) is 117 Å². The summed E-state index contributed by atoms with van der Waals surface area (Å²) >= 11 is 0. The maximum atomic E-state index is 14.3. The van der Waals surface area contributed by atoms with Crippen LogP contribution in [-0.2, 0) is 20.8 Å². The summed E-state index contributed by atoms with van der Waals surface area (Å²) < 4.78 is 11.3. The SMILES string of the molecule is CCN(c1cc(-c2ccc(CN3CCOCC3)cc2)cc(C(=O)NCC2C(=O)NC(C)C3(CCCCCCCCC3)C2C)c1C)C1CCOCC1. The molecule has 8 nitrogen and oxygen atoms in total. The van der Waals surface area contributed by atoms with Crippen molar-refractivity contribution < 1.29 is 19.1 Å². The summed E-state index contributed by atoms with van der Waals surface area (Å²) in [4.78, 5) is 32.9. The van der Waals surface area contributed by atoms with Crippen LogP contribution in [0.3, 0.4) is 0 Å². The van der Waals surface area contributed by atoms with Gasteiger partial charge in [-0.2, -0.15) is 0 Å². The van der Waals surface area contributed by atoms with Gasteiger partial charge in [0.1, 0.15) is 0 Å². The molecule has 0 radical (unpaired) electrons. The Hall–Kier alpha value is -2.94. The summed E-state index contributed by atoms with van der Waals surface area (Å²) in [6, 6.07) is 13.7. The third-order valence-electron chi connectivity index (χ3n) is 13.0. The van der Waals surface area contributed by atoms with Gasteiger partial charge < -0.3 is 25.0 Å². The highest BCUT2D eigenvalue weighted by molar-refractivity contribution is 5.99. The lowest BCUT2D eigenvalue weighted by atomic mass is 9.58. The summed E-state index contributed by atoms with van der Waals surface area (Å²) in [6.45, 7) is 16.0. The predicted molar refractivity (Wildman–Crippen MR) is 206 cm³/mol. The van der Waals surface area contributed by atoms with E-state index >= 15 is 0 Å². The van der Waals surface area contributed by atoms with Gasteiger partial charge in [-0.3, -0.25) is 14.5 Å². The molecule has 0 aromatic heterocycles. The number of morpholine rings is 1. The molecule has 51 heavy (non-hydrogen) atoms. The molecule has 4 aliphatic rings. The van der Waals surface area contributed by atoms with E-state index in [1.165, 1.54) is 50.5 Å². The van der Waals surface area contributed by atoms with Crippen LogP contribution >= 0.6 is 0 Å². The smallest absolute Gasteiger partial charge is 0.251 e. The zero-order valence-electron chi connectivity index (χ0n) is 31.9. The van der Waals surface area contributed by atoms with Crippen LogP contribution in [0.15, 0.2) is 36.4 Å². The zero-order valence-corrected chi connectivity index (χ0v) is 31.9. The quantitative estimate of drug-likeness (QED) is 0.282. The number of anilines is 1. The number of nitrogens with zero attached hydrogens (tertiary/aromatic N) is 2. The normalized spacial score (nSPS) is 25.3. The van der Waals surface area contributed by atoms with Gasteiger partial charge >= 0.3 is 0 Å². The molecule has 1 spiro atoms. The monoisotopic (exact) mass is 700 g/mol. The van der Waals surface area contributed by atoms with E-state index in [1.54, 1.807) is 0 Å². The van der Waals surface area contributed by atoms with E-state index in [-0.39, 0.29) is 35.1 Å². The molecule has 0 bridgehead atoms. The van der Waals surface area contributed by atoms with Gasteiger partial charge in [0, 0.05) is 69.3 Å². The molecule has 3 atom stereocenters. The molecule has 280 valence electrons. The average molecular weight is 701 g/mol. The Morgan fingerprint density at radius 1 is 0.902 bits per heavy atom. The van der Waals surface area contributed by atoms with Crippen molar-refractivity contribution in [2.75, 3.05) is 57.5 Å². The number of amides is 2. The van der Waals surface area contributed by atoms with Crippen molar-refractivity contribution in [3.8, 4) is 11.1 Å². The Bertz CT molecular complexity index is 1440. The topological polar surface area (TPSA) is 83.1 Å². The number of hydrogen-bond acceptors (Lipinski definition) is 6. The second kappa shape index (κ2) is 17.7. The van der Waals surface area contributed by atoms with Crippen LogP contribution in [0.25, 0.3) is 11.1 Å². The van der Waals surface area contributed by atoms with E-state index < -0.39 is 0 Å². The second-order valence-corrected chi connectivity index (χ2v) is 15.9. The van der Waals surface area contributed by atoms with Crippen LogP contribution in [0.5, 0.6) is 0 Å². The highest BCUT2D eigenvalue weighted by atomic mass is 16.5. The zero-order chi connectivity index (χ0) is 35.8. The lowest BCUT2D eigenvalue weighted by molar-refractivity contribution is -0.137. The highest BCUT2D eigenvalue weighted by Gasteiger charge is 2.50. The lowest BCUT2D eigenvalue weighted by Gasteiger charge is -2.51. The van der Waals surface area contributed by atoms with Gasteiger partial charge in [0.2, 0.25) is 5.91 Å². The third kappa shape index (κ3) is 8.82. The predicted octanol–water partition coefficient (Wildman–Crippen LogP) is 7.51. The summed E-state index contributed by atoms with van der Waals surface area (Å²) in [7, 11) is 0. The number of ether oxygens (including phenoxy) is 2. The Morgan fingerprint density at radius 3 is 2.18 bits per heavy atom. The molecule has 1 saturated carbocycles. The van der Waals surface area contributed by atoms with Gasteiger partial charge in [0.15, 0.2) is 0 Å². The Labute approximate surface area is 307 Å². The van der Waals surface area contributed by atoms with Gasteiger partial charge in [-0.25, -0.2) is 0 Å². The molecule has 2 aromatic carbocycles. The van der Waals surface area contributed by atoms with Crippen LogP contribution in [0.1, 0.15) is 113 Å². The number of rotatable bonds is 9. The van der Waals surface area contributed by atoms with Gasteiger partial charge in [0.25, 0.3) is 5.91 Å². The molecule has 2 amide bonds. The molecule has 8 heteroatoms.